The van der Waals surface area contributed by atoms with Gasteiger partial charge in [-0.05, 0) is 60.6 Å². The second-order valence-electron chi connectivity index (χ2n) is 10.1. The summed E-state index contributed by atoms with van der Waals surface area (Å²) >= 11 is 12.7. The molecule has 0 spiro atoms. The highest BCUT2D eigenvalue weighted by Gasteiger charge is 2.81. The number of fused-ring (bicyclic) bond motifs is 1. The van der Waals surface area contributed by atoms with Gasteiger partial charge in [-0.3, -0.25) is 4.79 Å². The van der Waals surface area contributed by atoms with E-state index < -0.39 is 24.1 Å². The number of epoxide rings is 1. The van der Waals surface area contributed by atoms with Gasteiger partial charge in [0.05, 0.1) is 0 Å². The molecule has 4 aliphatic carbocycles. The van der Waals surface area contributed by atoms with Gasteiger partial charge in [0.25, 0.3) is 0 Å². The number of aromatic nitrogens is 1. The molecule has 1 amide bonds. The van der Waals surface area contributed by atoms with Gasteiger partial charge in [0.15, 0.2) is 17.8 Å². The van der Waals surface area contributed by atoms with E-state index in [1.54, 1.807) is 36.5 Å². The van der Waals surface area contributed by atoms with Crippen LogP contribution in [-0.2, 0) is 4.74 Å². The van der Waals surface area contributed by atoms with Gasteiger partial charge in [0, 0.05) is 51.5 Å². The molecule has 2 heterocycles. The third-order valence-electron chi connectivity index (χ3n) is 8.12. The van der Waals surface area contributed by atoms with Gasteiger partial charge in [-0.1, -0.05) is 29.3 Å². The summed E-state index contributed by atoms with van der Waals surface area (Å²) in [6, 6.07) is 11.4. The fourth-order valence-electron chi connectivity index (χ4n) is 6.11. The van der Waals surface area contributed by atoms with Crippen LogP contribution in [0.4, 0.5) is 10.2 Å². The number of halogens is 3. The molecule has 0 radical (unpaired) electrons. The van der Waals surface area contributed by atoms with Crippen LogP contribution in [0.25, 0.3) is 11.1 Å². The Labute approximate surface area is 217 Å². The number of hydrogen-bond acceptors (Lipinski definition) is 5. The minimum Gasteiger partial charge on any atom is -0.486 e. The minimum atomic E-state index is -0.536. The number of nitrogens with two attached hydrogens (primary N) is 1. The molecule has 184 valence electrons. The maximum absolute atomic E-state index is 14.5. The molecular formula is C27H22Cl2FN3O3. The highest BCUT2D eigenvalue weighted by Crippen LogP contribution is 2.82. The standard InChI is InChI=1S/C27H22Cl2FN3O3/c1-33(27-24(36-27)22-16(29)3-2-4-17(22)30)26-19(35-18-9-14-20-21(14)23(18)20)8-12(10-32-26)13-7-11(25(31)34)5-6-15(13)28/h2-8,10,14,18,20-21,23-24,27H,9H2,1H3,(H2,31,34). The predicted octanol–water partition coefficient (Wildman–Crippen LogP) is 5.47. The molecule has 2 bridgehead atoms. The Morgan fingerprint density at radius 2 is 1.97 bits per heavy atom. The van der Waals surface area contributed by atoms with E-state index >= 15 is 0 Å². The number of carbonyl (C=O) groups excluding carboxylic acids is 1. The van der Waals surface area contributed by atoms with Crippen molar-refractivity contribution in [1.82, 2.24) is 4.98 Å². The number of anilines is 1. The van der Waals surface area contributed by atoms with Crippen LogP contribution in [0, 0.1) is 29.5 Å². The topological polar surface area (TPSA) is 81.0 Å². The second kappa shape index (κ2) is 7.81. The van der Waals surface area contributed by atoms with Crippen molar-refractivity contribution >= 4 is 34.9 Å². The van der Waals surface area contributed by atoms with Crippen LogP contribution in [-0.4, -0.2) is 30.3 Å². The zero-order valence-corrected chi connectivity index (χ0v) is 20.7. The zero-order chi connectivity index (χ0) is 24.9. The van der Waals surface area contributed by atoms with E-state index in [0.717, 1.165) is 24.2 Å². The summed E-state index contributed by atoms with van der Waals surface area (Å²) in [6.07, 6.45) is 1.93. The number of ether oxygens (including phenoxy) is 2. The molecule has 6 nitrogen and oxygen atoms in total. The normalized spacial score (nSPS) is 30.5. The quantitative estimate of drug-likeness (QED) is 0.413. The smallest absolute Gasteiger partial charge is 0.248 e. The average molecular weight is 526 g/mol. The molecule has 9 heteroatoms. The van der Waals surface area contributed by atoms with Crippen molar-refractivity contribution in [2.45, 2.75) is 24.9 Å². The number of hydrogen-bond donors (Lipinski definition) is 1. The molecule has 1 saturated heterocycles. The molecule has 5 aliphatic rings. The van der Waals surface area contributed by atoms with E-state index in [1.165, 1.54) is 6.07 Å². The highest BCUT2D eigenvalue weighted by atomic mass is 35.5. The first-order valence-electron chi connectivity index (χ1n) is 11.9. The van der Waals surface area contributed by atoms with Gasteiger partial charge in [-0.2, -0.15) is 0 Å². The number of amides is 1. The van der Waals surface area contributed by atoms with Crippen LogP contribution in [0.5, 0.6) is 5.75 Å². The van der Waals surface area contributed by atoms with Crippen LogP contribution in [0.2, 0.25) is 10.0 Å². The van der Waals surface area contributed by atoms with Crippen molar-refractivity contribution in [2.24, 2.45) is 29.4 Å². The second-order valence-corrected chi connectivity index (χ2v) is 10.9. The molecule has 3 aromatic rings. The van der Waals surface area contributed by atoms with Crippen molar-refractivity contribution in [3.63, 3.8) is 0 Å². The third kappa shape index (κ3) is 3.40. The molecular weight excluding hydrogens is 504 g/mol. The molecule has 1 aromatic heterocycles. The van der Waals surface area contributed by atoms with E-state index in [-0.39, 0.29) is 6.10 Å². The Morgan fingerprint density at radius 1 is 1.17 bits per heavy atom. The number of nitrogens with zero attached hydrogens (tertiary/aromatic N) is 2. The lowest BCUT2D eigenvalue weighted by Gasteiger charge is -2.23. The third-order valence-corrected chi connectivity index (χ3v) is 8.77. The maximum atomic E-state index is 14.5. The van der Waals surface area contributed by atoms with E-state index in [4.69, 9.17) is 43.4 Å². The number of carbonyl (C=O) groups is 1. The monoisotopic (exact) mass is 525 g/mol. The van der Waals surface area contributed by atoms with E-state index in [2.05, 4.69) is 0 Å². The number of pyridine rings is 1. The molecule has 1 aliphatic heterocycles. The molecule has 5 atom stereocenters. The van der Waals surface area contributed by atoms with Gasteiger partial charge in [-0.25, -0.2) is 9.37 Å². The Balaban J connectivity index is 1.23. The number of rotatable bonds is 7. The van der Waals surface area contributed by atoms with Crippen molar-refractivity contribution < 1.29 is 18.7 Å². The largest absolute Gasteiger partial charge is 0.486 e. The van der Waals surface area contributed by atoms with Gasteiger partial charge in [0.1, 0.15) is 18.0 Å². The van der Waals surface area contributed by atoms with Gasteiger partial charge >= 0.3 is 0 Å². The predicted molar refractivity (Wildman–Crippen MR) is 134 cm³/mol. The summed E-state index contributed by atoms with van der Waals surface area (Å²) in [5, 5.41) is 0.801. The molecule has 2 aromatic carbocycles. The van der Waals surface area contributed by atoms with E-state index in [9.17, 15) is 9.18 Å². The van der Waals surface area contributed by atoms with Crippen LogP contribution in [0.15, 0.2) is 48.7 Å². The fourth-order valence-corrected chi connectivity index (χ4v) is 6.61. The van der Waals surface area contributed by atoms with Crippen molar-refractivity contribution in [1.29, 1.82) is 0 Å². The Morgan fingerprint density at radius 3 is 2.67 bits per heavy atom. The van der Waals surface area contributed by atoms with Crippen LogP contribution >= 0.6 is 23.2 Å². The number of benzene rings is 2. The van der Waals surface area contributed by atoms with Crippen LogP contribution in [0.3, 0.4) is 0 Å². The van der Waals surface area contributed by atoms with E-state index in [1.807, 2.05) is 18.0 Å². The van der Waals surface area contributed by atoms with Crippen molar-refractivity contribution in [3.8, 4) is 16.9 Å². The lowest BCUT2D eigenvalue weighted by Crippen LogP contribution is -2.25. The summed E-state index contributed by atoms with van der Waals surface area (Å²) in [7, 11) is 1.84. The van der Waals surface area contributed by atoms with Gasteiger partial charge < -0.3 is 20.1 Å². The Bertz CT molecular complexity index is 1400. The van der Waals surface area contributed by atoms with Crippen LogP contribution in [0.1, 0.15) is 28.4 Å². The summed E-state index contributed by atoms with van der Waals surface area (Å²) in [5.74, 6) is 3.33. The fraction of sp³-hybridized carbons (Fsp3) is 0.333. The average Bonchev–Trinajstić information content (AvgIpc) is 3.80. The number of likely N-dealkylation sites (N-methyl/N-ethyl adjacent to an activating group) is 1. The Hall–Kier alpha value is -2.87. The summed E-state index contributed by atoms with van der Waals surface area (Å²) in [4.78, 5) is 18.3. The first-order valence-corrected chi connectivity index (χ1v) is 12.7. The lowest BCUT2D eigenvalue weighted by atomic mass is 10.0. The Kier molecular flexibility index (Phi) is 4.85. The van der Waals surface area contributed by atoms with Gasteiger partial charge in [0.2, 0.25) is 5.91 Å². The molecule has 2 N–H and O–H groups in total. The SMILES string of the molecule is CN(c1ncc(-c2cc(C(N)=O)ccc2Cl)cc1OC1CC2C3C1C23)C1OC1c1c(F)cccc1Cl. The molecule has 5 unspecified atom stereocenters. The van der Waals surface area contributed by atoms with Gasteiger partial charge in [-0.15, -0.1) is 0 Å². The highest BCUT2D eigenvalue weighted by molar-refractivity contribution is 6.33. The molecule has 5 fully saturated rings. The molecule has 4 saturated carbocycles. The summed E-state index contributed by atoms with van der Waals surface area (Å²) in [6.45, 7) is 0. The number of primary amides is 1. The molecule has 8 rings (SSSR count). The minimum absolute atomic E-state index is 0.151. The lowest BCUT2D eigenvalue weighted by molar-refractivity contribution is 0.100. The first-order chi connectivity index (χ1) is 17.3. The summed E-state index contributed by atoms with van der Waals surface area (Å²) < 4.78 is 26.9. The zero-order valence-electron chi connectivity index (χ0n) is 19.2. The van der Waals surface area contributed by atoms with E-state index in [0.29, 0.717) is 49.8 Å². The van der Waals surface area contributed by atoms with Crippen LogP contribution < -0.4 is 15.4 Å². The summed E-state index contributed by atoms with van der Waals surface area (Å²) in [5.41, 5.74) is 7.52. The maximum Gasteiger partial charge on any atom is 0.248 e. The van der Waals surface area contributed by atoms with Crippen molar-refractivity contribution in [2.75, 3.05) is 11.9 Å². The first kappa shape index (κ1) is 22.3. The van der Waals surface area contributed by atoms with Crippen molar-refractivity contribution in [3.05, 3.63) is 75.7 Å². The molecule has 36 heavy (non-hydrogen) atoms.